The summed E-state index contributed by atoms with van der Waals surface area (Å²) in [7, 11) is 0. The third-order valence-corrected chi connectivity index (χ3v) is 4.78. The van der Waals surface area contributed by atoms with Crippen LogP contribution in [0.2, 0.25) is 10.0 Å². The molecular weight excluding hydrogens is 402 g/mol. The topological polar surface area (TPSA) is 35.5 Å². The van der Waals surface area contributed by atoms with Crippen LogP contribution >= 0.6 is 23.2 Å². The van der Waals surface area contributed by atoms with Crippen molar-refractivity contribution >= 4 is 35.1 Å². The van der Waals surface area contributed by atoms with Gasteiger partial charge >= 0.3 is 0 Å². The van der Waals surface area contributed by atoms with Crippen molar-refractivity contribution in [3.63, 3.8) is 0 Å². The highest BCUT2D eigenvalue weighted by atomic mass is 35.5. The molecule has 1 aliphatic heterocycles. The summed E-state index contributed by atoms with van der Waals surface area (Å²) in [6.45, 7) is 0.164. The summed E-state index contributed by atoms with van der Waals surface area (Å²) in [6.07, 6.45) is 1.65. The summed E-state index contributed by atoms with van der Waals surface area (Å²) in [4.78, 5) is 12.5. The van der Waals surface area contributed by atoms with E-state index >= 15 is 0 Å². The van der Waals surface area contributed by atoms with Gasteiger partial charge in [-0.25, -0.2) is 4.39 Å². The van der Waals surface area contributed by atoms with Crippen molar-refractivity contribution in [2.75, 3.05) is 0 Å². The van der Waals surface area contributed by atoms with E-state index in [1.165, 1.54) is 12.1 Å². The van der Waals surface area contributed by atoms with E-state index in [1.54, 1.807) is 48.5 Å². The molecular formula is C22H13Cl2FO3. The van der Waals surface area contributed by atoms with Gasteiger partial charge in [0.05, 0.1) is 10.6 Å². The molecule has 28 heavy (non-hydrogen) atoms. The molecule has 0 radical (unpaired) electrons. The molecule has 1 aliphatic rings. The summed E-state index contributed by atoms with van der Waals surface area (Å²) < 4.78 is 24.5. The molecule has 140 valence electrons. The minimum Gasteiger partial charge on any atom is -0.489 e. The molecule has 6 heteroatoms. The summed E-state index contributed by atoms with van der Waals surface area (Å²) in [5.74, 6) is 0.535. The highest BCUT2D eigenvalue weighted by molar-refractivity contribution is 6.31. The van der Waals surface area contributed by atoms with Gasteiger partial charge in [0.2, 0.25) is 5.78 Å². The van der Waals surface area contributed by atoms with Crippen molar-refractivity contribution in [3.05, 3.63) is 99.0 Å². The molecule has 0 aliphatic carbocycles. The summed E-state index contributed by atoms with van der Waals surface area (Å²) >= 11 is 12.0. The molecule has 0 unspecified atom stereocenters. The van der Waals surface area contributed by atoms with E-state index < -0.39 is 5.82 Å². The van der Waals surface area contributed by atoms with Crippen molar-refractivity contribution in [1.82, 2.24) is 0 Å². The lowest BCUT2D eigenvalue weighted by Crippen LogP contribution is -1.98. The lowest BCUT2D eigenvalue weighted by molar-refractivity contribution is 0.101. The second-order valence-corrected chi connectivity index (χ2v) is 7.02. The zero-order chi connectivity index (χ0) is 19.7. The first-order valence-corrected chi connectivity index (χ1v) is 9.16. The number of fused-ring (bicyclic) bond motifs is 1. The fourth-order valence-electron chi connectivity index (χ4n) is 2.80. The maximum atomic E-state index is 13.1. The standard InChI is InChI=1S/C22H13Cl2FO3/c23-15-3-1-2-13(8-15)9-21-22(26)18-7-6-17(11-20(18)28-21)27-12-14-4-5-16(25)10-19(14)24/h1-11H,12H2/b21-9-. The van der Waals surface area contributed by atoms with Gasteiger partial charge < -0.3 is 9.47 Å². The number of halogens is 3. The van der Waals surface area contributed by atoms with E-state index in [-0.39, 0.29) is 18.1 Å². The van der Waals surface area contributed by atoms with Gasteiger partial charge in [-0.15, -0.1) is 0 Å². The molecule has 0 amide bonds. The molecule has 0 atom stereocenters. The summed E-state index contributed by atoms with van der Waals surface area (Å²) in [5, 5.41) is 0.867. The van der Waals surface area contributed by atoms with Crippen molar-refractivity contribution in [2.45, 2.75) is 6.61 Å². The van der Waals surface area contributed by atoms with Crippen LogP contribution in [-0.2, 0) is 6.61 Å². The number of carbonyl (C=O) groups excluding carboxylic acids is 1. The second kappa shape index (κ2) is 7.66. The Morgan fingerprint density at radius 2 is 1.89 bits per heavy atom. The van der Waals surface area contributed by atoms with E-state index in [0.29, 0.717) is 32.7 Å². The Kier molecular flexibility index (Phi) is 5.07. The lowest BCUT2D eigenvalue weighted by Gasteiger charge is -2.08. The van der Waals surface area contributed by atoms with Crippen molar-refractivity contribution in [1.29, 1.82) is 0 Å². The Labute approximate surface area is 170 Å². The number of ether oxygens (including phenoxy) is 2. The third kappa shape index (κ3) is 3.88. The molecule has 0 saturated heterocycles. The number of allylic oxidation sites excluding steroid dienone is 1. The zero-order valence-electron chi connectivity index (χ0n) is 14.4. The van der Waals surface area contributed by atoms with Crippen LogP contribution < -0.4 is 9.47 Å². The Hall–Kier alpha value is -2.82. The molecule has 0 N–H and O–H groups in total. The quantitative estimate of drug-likeness (QED) is 0.468. The molecule has 0 saturated carbocycles. The number of rotatable bonds is 4. The first-order chi connectivity index (χ1) is 13.5. The Bertz CT molecular complexity index is 1110. The molecule has 0 fully saturated rings. The van der Waals surface area contributed by atoms with Gasteiger partial charge in [-0.05, 0) is 48.0 Å². The largest absolute Gasteiger partial charge is 0.489 e. The van der Waals surface area contributed by atoms with Crippen molar-refractivity contribution in [3.8, 4) is 11.5 Å². The minimum absolute atomic E-state index is 0.164. The number of Topliss-reactive ketones (excluding diaryl/α,β-unsaturated/α-hetero) is 1. The smallest absolute Gasteiger partial charge is 0.231 e. The Morgan fingerprint density at radius 3 is 2.68 bits per heavy atom. The van der Waals surface area contributed by atoms with Gasteiger partial charge in [0.1, 0.15) is 23.9 Å². The molecule has 0 spiro atoms. The van der Waals surface area contributed by atoms with Gasteiger partial charge in [0, 0.05) is 16.7 Å². The zero-order valence-corrected chi connectivity index (χ0v) is 15.9. The van der Waals surface area contributed by atoms with Crippen LogP contribution in [-0.4, -0.2) is 5.78 Å². The van der Waals surface area contributed by atoms with Gasteiger partial charge in [-0.2, -0.15) is 0 Å². The van der Waals surface area contributed by atoms with Crippen LogP contribution in [0.4, 0.5) is 4.39 Å². The SMILES string of the molecule is O=C1/C(=C/c2cccc(Cl)c2)Oc2cc(OCc3ccc(F)cc3Cl)ccc21. The normalized spacial score (nSPS) is 14.1. The predicted octanol–water partition coefficient (Wildman–Crippen LogP) is 6.33. The molecule has 3 aromatic rings. The maximum Gasteiger partial charge on any atom is 0.231 e. The summed E-state index contributed by atoms with van der Waals surface area (Å²) in [5.41, 5.74) is 1.88. The van der Waals surface area contributed by atoms with Crippen molar-refractivity contribution < 1.29 is 18.7 Å². The van der Waals surface area contributed by atoms with Crippen LogP contribution in [0.3, 0.4) is 0 Å². The van der Waals surface area contributed by atoms with Crippen LogP contribution in [0, 0.1) is 5.82 Å². The highest BCUT2D eigenvalue weighted by Gasteiger charge is 2.27. The predicted molar refractivity (Wildman–Crippen MR) is 107 cm³/mol. The lowest BCUT2D eigenvalue weighted by atomic mass is 10.1. The van der Waals surface area contributed by atoms with E-state index in [9.17, 15) is 9.18 Å². The third-order valence-electron chi connectivity index (χ3n) is 4.20. The molecule has 1 heterocycles. The van der Waals surface area contributed by atoms with Gasteiger partial charge in [0.15, 0.2) is 5.76 Å². The fourth-order valence-corrected chi connectivity index (χ4v) is 3.23. The first-order valence-electron chi connectivity index (χ1n) is 8.40. The average Bonchev–Trinajstić information content (AvgIpc) is 2.96. The van der Waals surface area contributed by atoms with Gasteiger partial charge in [-0.3, -0.25) is 4.79 Å². The maximum absolute atomic E-state index is 13.1. The fraction of sp³-hybridized carbons (Fsp3) is 0.0455. The van der Waals surface area contributed by atoms with E-state index in [0.717, 1.165) is 5.56 Å². The van der Waals surface area contributed by atoms with Crippen LogP contribution in [0.1, 0.15) is 21.5 Å². The number of ketones is 1. The monoisotopic (exact) mass is 414 g/mol. The summed E-state index contributed by atoms with van der Waals surface area (Å²) in [6, 6.07) is 16.2. The molecule has 4 rings (SSSR count). The molecule has 0 aromatic heterocycles. The van der Waals surface area contributed by atoms with Gasteiger partial charge in [-0.1, -0.05) is 41.4 Å². The number of carbonyl (C=O) groups is 1. The van der Waals surface area contributed by atoms with Crippen LogP contribution in [0.15, 0.2) is 66.4 Å². The molecule has 3 nitrogen and oxygen atoms in total. The van der Waals surface area contributed by atoms with Crippen molar-refractivity contribution in [2.24, 2.45) is 0 Å². The first kappa shape index (κ1) is 18.5. The molecule has 3 aromatic carbocycles. The second-order valence-electron chi connectivity index (χ2n) is 6.18. The van der Waals surface area contributed by atoms with E-state index in [4.69, 9.17) is 32.7 Å². The van der Waals surface area contributed by atoms with Gasteiger partial charge in [0.25, 0.3) is 0 Å². The Morgan fingerprint density at radius 1 is 1.04 bits per heavy atom. The van der Waals surface area contributed by atoms with E-state index in [2.05, 4.69) is 0 Å². The minimum atomic E-state index is -0.405. The number of hydrogen-bond donors (Lipinski definition) is 0. The van der Waals surface area contributed by atoms with Crippen LogP contribution in [0.5, 0.6) is 11.5 Å². The highest BCUT2D eigenvalue weighted by Crippen LogP contribution is 2.35. The van der Waals surface area contributed by atoms with E-state index in [1.807, 2.05) is 6.07 Å². The number of benzene rings is 3. The number of hydrogen-bond acceptors (Lipinski definition) is 3. The van der Waals surface area contributed by atoms with Crippen LogP contribution in [0.25, 0.3) is 6.08 Å². The Balaban J connectivity index is 1.52. The average molecular weight is 415 g/mol. The molecule has 0 bridgehead atoms.